The van der Waals surface area contributed by atoms with Crippen LogP contribution in [0.5, 0.6) is 5.75 Å². The van der Waals surface area contributed by atoms with Crippen LogP contribution in [0, 0.1) is 11.6 Å². The van der Waals surface area contributed by atoms with Gasteiger partial charge in [0, 0.05) is 18.7 Å². The van der Waals surface area contributed by atoms with E-state index < -0.39 is 46.1 Å². The van der Waals surface area contributed by atoms with E-state index in [1.807, 2.05) is 0 Å². The number of likely N-dealkylation sites (N-methyl/N-ethyl adjacent to an activating group) is 1. The maximum atomic E-state index is 14.5. The molecule has 0 aliphatic heterocycles. The van der Waals surface area contributed by atoms with Crippen molar-refractivity contribution in [3.8, 4) is 5.75 Å². The summed E-state index contributed by atoms with van der Waals surface area (Å²) in [6.07, 6.45) is 0. The monoisotopic (exact) mass is 559 g/mol. The average Bonchev–Trinajstić information content (AvgIpc) is 2.92. The molecule has 3 aromatic rings. The van der Waals surface area contributed by atoms with E-state index >= 15 is 0 Å². The Labute approximate surface area is 227 Å². The molecule has 208 valence electrons. The number of nitrogens with zero attached hydrogens (tertiary/aromatic N) is 2. The zero-order chi connectivity index (χ0) is 28.6. The largest absolute Gasteiger partial charge is 0.494 e. The Hall–Kier alpha value is -3.99. The number of carbonyl (C=O) groups excluding carboxylic acids is 2. The molecule has 0 aromatic heterocycles. The predicted octanol–water partition coefficient (Wildman–Crippen LogP) is 4.11. The molecule has 0 bridgehead atoms. The first-order chi connectivity index (χ1) is 18.6. The Morgan fingerprint density at radius 2 is 1.59 bits per heavy atom. The number of ether oxygens (including phenoxy) is 1. The van der Waals surface area contributed by atoms with Crippen LogP contribution in [0.2, 0.25) is 0 Å². The molecule has 0 aliphatic rings. The van der Waals surface area contributed by atoms with Crippen molar-refractivity contribution in [3.63, 3.8) is 0 Å². The number of halogens is 2. The van der Waals surface area contributed by atoms with Gasteiger partial charge in [-0.25, -0.2) is 17.2 Å². The van der Waals surface area contributed by atoms with Crippen LogP contribution < -0.4 is 14.4 Å². The number of rotatable bonds is 12. The van der Waals surface area contributed by atoms with E-state index in [4.69, 9.17) is 4.74 Å². The Morgan fingerprint density at radius 1 is 0.949 bits per heavy atom. The third kappa shape index (κ3) is 7.32. The topological polar surface area (TPSA) is 96.0 Å². The van der Waals surface area contributed by atoms with Gasteiger partial charge < -0.3 is 15.0 Å². The summed E-state index contributed by atoms with van der Waals surface area (Å²) in [5, 5.41) is 2.63. The van der Waals surface area contributed by atoms with Gasteiger partial charge in [-0.05, 0) is 75.4 Å². The maximum absolute atomic E-state index is 14.5. The van der Waals surface area contributed by atoms with Crippen LogP contribution in [0.1, 0.15) is 26.3 Å². The molecule has 8 nitrogen and oxygen atoms in total. The fraction of sp³-hybridized carbons (Fsp3) is 0.286. The zero-order valence-electron chi connectivity index (χ0n) is 21.9. The molecule has 1 N–H and O–H groups in total. The fourth-order valence-electron chi connectivity index (χ4n) is 3.85. The van der Waals surface area contributed by atoms with Crippen molar-refractivity contribution >= 4 is 27.5 Å². The molecule has 0 fully saturated rings. The second-order valence-corrected chi connectivity index (χ2v) is 10.4. The molecule has 0 aliphatic carbocycles. The first-order valence-corrected chi connectivity index (χ1v) is 13.8. The Kier molecular flexibility index (Phi) is 10.00. The third-order valence-corrected chi connectivity index (χ3v) is 7.72. The first-order valence-electron chi connectivity index (χ1n) is 12.4. The van der Waals surface area contributed by atoms with Crippen LogP contribution in [0.25, 0.3) is 0 Å². The maximum Gasteiger partial charge on any atom is 0.264 e. The molecule has 3 rings (SSSR count). The predicted molar refractivity (Wildman–Crippen MR) is 144 cm³/mol. The highest BCUT2D eigenvalue weighted by atomic mass is 32.2. The van der Waals surface area contributed by atoms with Gasteiger partial charge in [0.1, 0.15) is 30.0 Å². The molecule has 2 amide bonds. The summed E-state index contributed by atoms with van der Waals surface area (Å²) in [5.74, 6) is -1.93. The van der Waals surface area contributed by atoms with E-state index in [0.29, 0.717) is 18.9 Å². The highest BCUT2D eigenvalue weighted by molar-refractivity contribution is 7.92. The van der Waals surface area contributed by atoms with Crippen LogP contribution in [-0.4, -0.2) is 50.9 Å². The lowest BCUT2D eigenvalue weighted by Crippen LogP contribution is -2.51. The van der Waals surface area contributed by atoms with E-state index in [-0.39, 0.29) is 22.7 Å². The van der Waals surface area contributed by atoms with Crippen molar-refractivity contribution in [2.24, 2.45) is 0 Å². The standard InChI is InChI=1S/C28H31F2N3O5S/c1-4-31-28(35)20(3)32(18-21-8-6-7-9-26(21)30)27(34)19-33(23-12-10-22(29)11-13-23)39(36,37)25-16-14-24(15-17-25)38-5-2/h6-17,20H,4-5,18-19H2,1-3H3,(H,31,35)/t20-/m0/s1. The van der Waals surface area contributed by atoms with Crippen molar-refractivity contribution in [3.05, 3.63) is 90.0 Å². The van der Waals surface area contributed by atoms with E-state index in [1.165, 1.54) is 61.5 Å². The molecule has 1 atom stereocenters. The minimum Gasteiger partial charge on any atom is -0.494 e. The molecule has 0 saturated heterocycles. The van der Waals surface area contributed by atoms with Crippen LogP contribution in [0.3, 0.4) is 0 Å². The summed E-state index contributed by atoms with van der Waals surface area (Å²) in [5.41, 5.74) is 0.194. The molecule has 0 spiro atoms. The number of hydrogen-bond acceptors (Lipinski definition) is 5. The number of hydrogen-bond donors (Lipinski definition) is 1. The molecule has 0 radical (unpaired) electrons. The van der Waals surface area contributed by atoms with Crippen molar-refractivity contribution in [2.75, 3.05) is 24.0 Å². The summed E-state index contributed by atoms with van der Waals surface area (Å²) < 4.78 is 61.9. The third-order valence-electron chi connectivity index (χ3n) is 5.93. The van der Waals surface area contributed by atoms with E-state index in [9.17, 15) is 26.8 Å². The van der Waals surface area contributed by atoms with Gasteiger partial charge in [0.15, 0.2) is 0 Å². The quantitative estimate of drug-likeness (QED) is 0.360. The fourth-order valence-corrected chi connectivity index (χ4v) is 5.27. The summed E-state index contributed by atoms with van der Waals surface area (Å²) >= 11 is 0. The van der Waals surface area contributed by atoms with Gasteiger partial charge in [-0.1, -0.05) is 18.2 Å². The lowest BCUT2D eigenvalue weighted by molar-refractivity contribution is -0.139. The smallest absolute Gasteiger partial charge is 0.264 e. The highest BCUT2D eigenvalue weighted by Crippen LogP contribution is 2.26. The highest BCUT2D eigenvalue weighted by Gasteiger charge is 2.32. The molecule has 0 saturated carbocycles. The number of benzene rings is 3. The molecule has 0 heterocycles. The van der Waals surface area contributed by atoms with Crippen molar-refractivity contribution in [2.45, 2.75) is 38.3 Å². The Balaban J connectivity index is 2.02. The summed E-state index contributed by atoms with van der Waals surface area (Å²) in [4.78, 5) is 27.4. The van der Waals surface area contributed by atoms with Gasteiger partial charge in [-0.15, -0.1) is 0 Å². The lowest BCUT2D eigenvalue weighted by atomic mass is 10.1. The van der Waals surface area contributed by atoms with Crippen LogP contribution in [0.4, 0.5) is 14.5 Å². The van der Waals surface area contributed by atoms with Gasteiger partial charge in [0.2, 0.25) is 11.8 Å². The second-order valence-electron chi connectivity index (χ2n) is 8.58. The lowest BCUT2D eigenvalue weighted by Gasteiger charge is -2.32. The molecular weight excluding hydrogens is 528 g/mol. The van der Waals surface area contributed by atoms with Gasteiger partial charge in [-0.2, -0.15) is 0 Å². The van der Waals surface area contributed by atoms with Crippen LogP contribution >= 0.6 is 0 Å². The number of amides is 2. The number of carbonyl (C=O) groups is 2. The Bertz CT molecular complexity index is 1380. The van der Waals surface area contributed by atoms with Gasteiger partial charge in [-0.3, -0.25) is 13.9 Å². The Morgan fingerprint density at radius 3 is 2.18 bits per heavy atom. The molecule has 11 heteroatoms. The zero-order valence-corrected chi connectivity index (χ0v) is 22.8. The molecule has 3 aromatic carbocycles. The summed E-state index contributed by atoms with van der Waals surface area (Å²) in [6, 6.07) is 15.1. The van der Waals surface area contributed by atoms with Crippen LogP contribution in [0.15, 0.2) is 77.7 Å². The average molecular weight is 560 g/mol. The van der Waals surface area contributed by atoms with Crippen molar-refractivity contribution < 1.29 is 31.5 Å². The van der Waals surface area contributed by atoms with E-state index in [2.05, 4.69) is 5.32 Å². The second kappa shape index (κ2) is 13.2. The molecule has 39 heavy (non-hydrogen) atoms. The number of anilines is 1. The number of sulfonamides is 1. The molecule has 0 unspecified atom stereocenters. The number of nitrogens with one attached hydrogen (secondary N) is 1. The summed E-state index contributed by atoms with van der Waals surface area (Å²) in [6.45, 7) is 4.69. The van der Waals surface area contributed by atoms with Gasteiger partial charge >= 0.3 is 0 Å². The van der Waals surface area contributed by atoms with Gasteiger partial charge in [0.25, 0.3) is 10.0 Å². The van der Waals surface area contributed by atoms with E-state index in [0.717, 1.165) is 21.3 Å². The summed E-state index contributed by atoms with van der Waals surface area (Å²) in [7, 11) is -4.33. The van der Waals surface area contributed by atoms with E-state index in [1.54, 1.807) is 19.9 Å². The minimum atomic E-state index is -4.33. The van der Waals surface area contributed by atoms with Gasteiger partial charge in [0.05, 0.1) is 17.2 Å². The normalized spacial score (nSPS) is 11.9. The van der Waals surface area contributed by atoms with Crippen molar-refractivity contribution in [1.82, 2.24) is 10.2 Å². The van der Waals surface area contributed by atoms with Crippen molar-refractivity contribution in [1.29, 1.82) is 0 Å². The molecular formula is C28H31F2N3O5S. The first kappa shape index (κ1) is 29.6. The SMILES string of the molecule is CCNC(=O)[C@H](C)N(Cc1ccccc1F)C(=O)CN(c1ccc(F)cc1)S(=O)(=O)c1ccc(OCC)cc1. The minimum absolute atomic E-state index is 0.0372. The van der Waals surface area contributed by atoms with Crippen LogP contribution in [-0.2, 0) is 26.2 Å².